The maximum atomic E-state index is 13.2. The SMILES string of the molecule is CC(C)C[C@H](C(=O)N1CCN(c2nnc(-c3ccc(F)cc3)o2)C[C@H]1C)[C@H](O)C(=O)NO. The van der Waals surface area contributed by atoms with Gasteiger partial charge in [0.1, 0.15) is 11.9 Å². The molecule has 3 N–H and O–H groups in total. The van der Waals surface area contributed by atoms with Crippen molar-refractivity contribution in [3.8, 4) is 11.5 Å². The summed E-state index contributed by atoms with van der Waals surface area (Å²) < 4.78 is 18.9. The summed E-state index contributed by atoms with van der Waals surface area (Å²) >= 11 is 0. The van der Waals surface area contributed by atoms with Crippen LogP contribution in [0.1, 0.15) is 27.2 Å². The summed E-state index contributed by atoms with van der Waals surface area (Å²) in [7, 11) is 0. The van der Waals surface area contributed by atoms with Gasteiger partial charge >= 0.3 is 6.01 Å². The third-order valence-corrected chi connectivity index (χ3v) is 5.49. The number of nitrogens with zero attached hydrogens (tertiary/aromatic N) is 4. The van der Waals surface area contributed by atoms with Gasteiger partial charge in [-0.3, -0.25) is 14.8 Å². The van der Waals surface area contributed by atoms with Gasteiger partial charge in [0, 0.05) is 31.2 Å². The Morgan fingerprint density at radius 1 is 1.25 bits per heavy atom. The summed E-state index contributed by atoms with van der Waals surface area (Å²) in [4.78, 5) is 28.4. The minimum atomic E-state index is -1.64. The fourth-order valence-electron chi connectivity index (χ4n) is 3.85. The lowest BCUT2D eigenvalue weighted by atomic mass is 9.89. The summed E-state index contributed by atoms with van der Waals surface area (Å²) in [5.41, 5.74) is 2.02. The van der Waals surface area contributed by atoms with Gasteiger partial charge in [0.05, 0.1) is 5.92 Å². The average molecular weight is 449 g/mol. The normalized spacial score (nSPS) is 18.5. The number of hydrogen-bond acceptors (Lipinski definition) is 8. The zero-order valence-corrected chi connectivity index (χ0v) is 18.2. The van der Waals surface area contributed by atoms with Crippen molar-refractivity contribution in [3.63, 3.8) is 0 Å². The van der Waals surface area contributed by atoms with Crippen molar-refractivity contribution in [1.29, 1.82) is 0 Å². The Bertz CT molecular complexity index is 935. The van der Waals surface area contributed by atoms with E-state index in [0.29, 0.717) is 37.6 Å². The standard InChI is InChI=1S/C21H28FN5O5/c1-12(2)10-16(17(28)18(29)25-31)20(30)27-9-8-26(11-13(27)3)21-24-23-19(32-21)14-4-6-15(22)7-5-14/h4-7,12-13,16-17,28,31H,8-11H2,1-3H3,(H,25,29)/t13-,16+,17+/m1/s1. The van der Waals surface area contributed by atoms with E-state index in [1.165, 1.54) is 17.6 Å². The molecule has 0 bridgehead atoms. The van der Waals surface area contributed by atoms with E-state index in [-0.39, 0.29) is 29.6 Å². The highest BCUT2D eigenvalue weighted by atomic mass is 19.1. The zero-order chi connectivity index (χ0) is 23.4. The van der Waals surface area contributed by atoms with Gasteiger partial charge in [0.25, 0.3) is 5.91 Å². The van der Waals surface area contributed by atoms with Crippen molar-refractivity contribution in [2.45, 2.75) is 39.3 Å². The number of benzene rings is 1. The molecule has 32 heavy (non-hydrogen) atoms. The molecule has 2 aromatic rings. The average Bonchev–Trinajstić information content (AvgIpc) is 3.26. The number of carbonyl (C=O) groups is 2. The first-order valence-corrected chi connectivity index (χ1v) is 10.5. The van der Waals surface area contributed by atoms with E-state index in [0.717, 1.165) is 0 Å². The van der Waals surface area contributed by atoms with Crippen molar-refractivity contribution in [1.82, 2.24) is 20.6 Å². The second-order valence-corrected chi connectivity index (χ2v) is 8.38. The molecule has 0 spiro atoms. The smallest absolute Gasteiger partial charge is 0.318 e. The lowest BCUT2D eigenvalue weighted by Gasteiger charge is -2.41. The lowest BCUT2D eigenvalue weighted by molar-refractivity contribution is -0.152. The molecule has 0 unspecified atom stereocenters. The highest BCUT2D eigenvalue weighted by molar-refractivity contribution is 5.89. The summed E-state index contributed by atoms with van der Waals surface area (Å²) in [5.74, 6) is -2.36. The van der Waals surface area contributed by atoms with Crippen molar-refractivity contribution in [2.75, 3.05) is 24.5 Å². The Morgan fingerprint density at radius 3 is 2.53 bits per heavy atom. The molecule has 3 atom stereocenters. The Morgan fingerprint density at radius 2 is 1.94 bits per heavy atom. The van der Waals surface area contributed by atoms with Crippen LogP contribution in [0.4, 0.5) is 10.4 Å². The van der Waals surface area contributed by atoms with Gasteiger partial charge in [-0.2, -0.15) is 0 Å². The quantitative estimate of drug-likeness (QED) is 0.427. The number of piperazine rings is 1. The van der Waals surface area contributed by atoms with Crippen LogP contribution in [0, 0.1) is 17.7 Å². The predicted molar refractivity (Wildman–Crippen MR) is 112 cm³/mol. The fraction of sp³-hybridized carbons (Fsp3) is 0.524. The first-order valence-electron chi connectivity index (χ1n) is 10.5. The van der Waals surface area contributed by atoms with Gasteiger partial charge in [-0.1, -0.05) is 18.9 Å². The molecule has 2 heterocycles. The molecule has 0 radical (unpaired) electrons. The van der Waals surface area contributed by atoms with Crippen molar-refractivity contribution in [2.24, 2.45) is 11.8 Å². The highest BCUT2D eigenvalue weighted by Crippen LogP contribution is 2.26. The van der Waals surface area contributed by atoms with Crippen molar-refractivity contribution >= 4 is 17.8 Å². The summed E-state index contributed by atoms with van der Waals surface area (Å²) in [6, 6.07) is 5.76. The summed E-state index contributed by atoms with van der Waals surface area (Å²) in [6.07, 6.45) is -1.35. The largest absolute Gasteiger partial charge is 0.403 e. The molecule has 1 aromatic carbocycles. The fourth-order valence-corrected chi connectivity index (χ4v) is 3.85. The van der Waals surface area contributed by atoms with E-state index in [1.54, 1.807) is 17.0 Å². The molecule has 1 fully saturated rings. The number of anilines is 1. The summed E-state index contributed by atoms with van der Waals surface area (Å²) in [6.45, 7) is 6.78. The predicted octanol–water partition coefficient (Wildman–Crippen LogP) is 1.44. The third-order valence-electron chi connectivity index (χ3n) is 5.49. The van der Waals surface area contributed by atoms with Crippen LogP contribution in [0.2, 0.25) is 0 Å². The van der Waals surface area contributed by atoms with Gasteiger partial charge < -0.3 is 19.3 Å². The maximum absolute atomic E-state index is 13.2. The molecule has 10 nitrogen and oxygen atoms in total. The van der Waals surface area contributed by atoms with Gasteiger partial charge in [0.15, 0.2) is 0 Å². The van der Waals surface area contributed by atoms with Crippen LogP contribution in [-0.2, 0) is 9.59 Å². The lowest BCUT2D eigenvalue weighted by Crippen LogP contribution is -2.57. The van der Waals surface area contributed by atoms with Gasteiger partial charge in [-0.25, -0.2) is 9.87 Å². The number of nitrogens with one attached hydrogen (secondary N) is 1. The van der Waals surface area contributed by atoms with E-state index in [1.807, 2.05) is 25.7 Å². The molecule has 1 aliphatic heterocycles. The zero-order valence-electron chi connectivity index (χ0n) is 18.2. The molecular formula is C21H28FN5O5. The number of amides is 2. The molecule has 174 valence electrons. The molecule has 0 aliphatic carbocycles. The minimum Gasteiger partial charge on any atom is -0.403 e. The number of aliphatic hydroxyl groups is 1. The molecule has 1 saturated heterocycles. The first-order chi connectivity index (χ1) is 15.2. The number of aromatic nitrogens is 2. The van der Waals surface area contributed by atoms with Crippen LogP contribution < -0.4 is 10.4 Å². The van der Waals surface area contributed by atoms with Crippen LogP contribution in [0.5, 0.6) is 0 Å². The maximum Gasteiger partial charge on any atom is 0.318 e. The third kappa shape index (κ3) is 5.22. The second-order valence-electron chi connectivity index (χ2n) is 8.38. The van der Waals surface area contributed by atoms with Crippen molar-refractivity contribution in [3.05, 3.63) is 30.1 Å². The first kappa shape index (κ1) is 23.6. The van der Waals surface area contributed by atoms with Crippen LogP contribution >= 0.6 is 0 Å². The van der Waals surface area contributed by atoms with Gasteiger partial charge in [-0.15, -0.1) is 5.10 Å². The van der Waals surface area contributed by atoms with E-state index in [9.17, 15) is 19.1 Å². The minimum absolute atomic E-state index is 0.0602. The van der Waals surface area contributed by atoms with Crippen LogP contribution in [0.3, 0.4) is 0 Å². The van der Waals surface area contributed by atoms with Crippen molar-refractivity contribution < 1.29 is 28.7 Å². The van der Waals surface area contributed by atoms with E-state index in [4.69, 9.17) is 9.62 Å². The number of hydroxylamine groups is 1. The van der Waals surface area contributed by atoms with Crippen LogP contribution in [0.15, 0.2) is 28.7 Å². The topological polar surface area (TPSA) is 132 Å². The number of aliphatic hydroxyl groups excluding tert-OH is 1. The van der Waals surface area contributed by atoms with Crippen LogP contribution in [0.25, 0.3) is 11.5 Å². The number of hydrogen-bond donors (Lipinski definition) is 3. The molecule has 11 heteroatoms. The molecule has 0 saturated carbocycles. The van der Waals surface area contributed by atoms with Gasteiger partial charge in [-0.05, 0) is 43.5 Å². The van der Waals surface area contributed by atoms with E-state index < -0.39 is 17.9 Å². The molecule has 1 aromatic heterocycles. The Kier molecular flexibility index (Phi) is 7.41. The summed E-state index contributed by atoms with van der Waals surface area (Å²) in [5, 5.41) is 27.2. The molecule has 2 amide bonds. The highest BCUT2D eigenvalue weighted by Gasteiger charge is 2.39. The number of rotatable bonds is 7. The second kappa shape index (κ2) is 10.0. The van der Waals surface area contributed by atoms with E-state index in [2.05, 4.69) is 10.2 Å². The van der Waals surface area contributed by atoms with E-state index >= 15 is 0 Å². The monoisotopic (exact) mass is 449 g/mol. The Balaban J connectivity index is 1.69. The number of carbonyl (C=O) groups excluding carboxylic acids is 2. The van der Waals surface area contributed by atoms with Crippen LogP contribution in [-0.4, -0.2) is 69.0 Å². The Labute approximate surface area is 185 Å². The Hall–Kier alpha value is -3.05. The van der Waals surface area contributed by atoms with Gasteiger partial charge in [0.2, 0.25) is 11.8 Å². The number of halogens is 1. The molecular weight excluding hydrogens is 421 g/mol. The molecule has 1 aliphatic rings. The molecule has 3 rings (SSSR count).